The summed E-state index contributed by atoms with van der Waals surface area (Å²) in [4.78, 5) is 1.95. The van der Waals surface area contributed by atoms with Crippen LogP contribution in [-0.4, -0.2) is 38.4 Å². The van der Waals surface area contributed by atoms with E-state index in [-0.39, 0.29) is 5.75 Å². The normalized spacial score (nSPS) is 16.1. The van der Waals surface area contributed by atoms with Gasteiger partial charge in [-0.25, -0.2) is 8.42 Å². The number of nitrogens with zero attached hydrogens (tertiary/aromatic N) is 2. The molecule has 1 aromatic heterocycles. The number of hydrogen-bond donors (Lipinski definition) is 1. The van der Waals surface area contributed by atoms with Crippen molar-refractivity contribution in [3.8, 4) is 0 Å². The molecule has 1 aromatic rings. The van der Waals surface area contributed by atoms with Crippen LogP contribution in [0.5, 0.6) is 0 Å². The summed E-state index contributed by atoms with van der Waals surface area (Å²) in [5.74, 6) is 1.30. The van der Waals surface area contributed by atoms with Gasteiger partial charge >= 0.3 is 0 Å². The van der Waals surface area contributed by atoms with Crippen molar-refractivity contribution in [1.82, 2.24) is 4.37 Å². The Morgan fingerprint density at radius 3 is 2.71 bits per heavy atom. The minimum atomic E-state index is -2.93. The van der Waals surface area contributed by atoms with Crippen LogP contribution < -0.4 is 10.6 Å². The monoisotopic (exact) mass is 275 g/mol. The Morgan fingerprint density at radius 2 is 2.18 bits per heavy atom. The van der Waals surface area contributed by atoms with Gasteiger partial charge in [0.1, 0.15) is 20.7 Å². The van der Waals surface area contributed by atoms with Crippen molar-refractivity contribution in [2.24, 2.45) is 0 Å². The average molecular weight is 275 g/mol. The molecule has 0 saturated heterocycles. The number of anilines is 2. The van der Waals surface area contributed by atoms with E-state index in [2.05, 4.69) is 4.37 Å². The molecule has 5 nitrogen and oxygen atoms in total. The van der Waals surface area contributed by atoms with Crippen molar-refractivity contribution in [1.29, 1.82) is 0 Å². The van der Waals surface area contributed by atoms with Gasteiger partial charge in [0.05, 0.1) is 5.75 Å². The highest BCUT2D eigenvalue weighted by molar-refractivity contribution is 7.90. The molecule has 0 atom stereocenters. The molecule has 96 valence electrons. The summed E-state index contributed by atoms with van der Waals surface area (Å²) >= 11 is 1.36. The zero-order valence-electron chi connectivity index (χ0n) is 10.0. The van der Waals surface area contributed by atoms with Crippen molar-refractivity contribution in [2.45, 2.75) is 18.8 Å². The number of nitrogens with two attached hydrogens (primary N) is 1. The van der Waals surface area contributed by atoms with E-state index in [0.29, 0.717) is 18.3 Å². The van der Waals surface area contributed by atoms with E-state index in [0.717, 1.165) is 23.4 Å². The van der Waals surface area contributed by atoms with Gasteiger partial charge in [-0.2, -0.15) is 4.37 Å². The van der Waals surface area contributed by atoms with Gasteiger partial charge in [-0.1, -0.05) is 0 Å². The lowest BCUT2D eigenvalue weighted by Crippen LogP contribution is -2.24. The predicted molar refractivity (Wildman–Crippen MR) is 71.5 cm³/mol. The fraction of sp³-hybridized carbons (Fsp3) is 0.700. The van der Waals surface area contributed by atoms with E-state index in [1.54, 1.807) is 0 Å². The number of hydrogen-bond acceptors (Lipinski definition) is 6. The van der Waals surface area contributed by atoms with Gasteiger partial charge in [0.2, 0.25) is 0 Å². The molecule has 0 radical (unpaired) electrons. The summed E-state index contributed by atoms with van der Waals surface area (Å²) in [6.07, 6.45) is 3.58. The van der Waals surface area contributed by atoms with Crippen LogP contribution in [0.15, 0.2) is 0 Å². The lowest BCUT2D eigenvalue weighted by molar-refractivity contribution is 0.601. The van der Waals surface area contributed by atoms with Gasteiger partial charge in [0.25, 0.3) is 0 Å². The third-order valence-electron chi connectivity index (χ3n) is 2.87. The topological polar surface area (TPSA) is 76.3 Å². The van der Waals surface area contributed by atoms with E-state index in [1.807, 2.05) is 11.9 Å². The fourth-order valence-electron chi connectivity index (χ4n) is 1.74. The molecule has 0 amide bonds. The maximum absolute atomic E-state index is 11.1. The molecule has 2 N–H and O–H groups in total. The second kappa shape index (κ2) is 4.45. The first-order valence-corrected chi connectivity index (χ1v) is 8.36. The van der Waals surface area contributed by atoms with E-state index in [9.17, 15) is 8.42 Å². The number of rotatable bonds is 5. The molecule has 17 heavy (non-hydrogen) atoms. The van der Waals surface area contributed by atoms with Crippen LogP contribution >= 0.6 is 11.5 Å². The molecule has 0 aromatic carbocycles. The maximum atomic E-state index is 11.1. The third kappa shape index (κ3) is 3.10. The molecule has 1 aliphatic rings. The van der Waals surface area contributed by atoms with Crippen molar-refractivity contribution >= 4 is 32.2 Å². The average Bonchev–Trinajstić information content (AvgIpc) is 2.98. The Bertz CT molecular complexity index is 506. The molecule has 0 aliphatic heterocycles. The van der Waals surface area contributed by atoms with Gasteiger partial charge in [0, 0.05) is 25.4 Å². The Kier molecular flexibility index (Phi) is 3.31. The third-order valence-corrected chi connectivity index (χ3v) is 4.78. The molecule has 0 unspecified atom stereocenters. The van der Waals surface area contributed by atoms with E-state index in [4.69, 9.17) is 5.73 Å². The first-order valence-electron chi connectivity index (χ1n) is 5.52. The minimum Gasteiger partial charge on any atom is -0.383 e. The summed E-state index contributed by atoms with van der Waals surface area (Å²) < 4.78 is 26.5. The standard InChI is InChI=1S/C10H17N3O2S2/c1-13(5-6-17(2,14)15)10-8(7-3-4-7)9(11)12-16-10/h7H,3-6H2,1-2H3,(H2,11,12). The molecule has 1 aliphatic carbocycles. The summed E-state index contributed by atoms with van der Waals surface area (Å²) in [5, 5.41) is 1.02. The quantitative estimate of drug-likeness (QED) is 0.870. The number of aromatic nitrogens is 1. The summed E-state index contributed by atoms with van der Waals surface area (Å²) in [6.45, 7) is 0.486. The van der Waals surface area contributed by atoms with Crippen LogP contribution in [0.1, 0.15) is 24.3 Å². The van der Waals surface area contributed by atoms with Crippen LogP contribution in [0.4, 0.5) is 10.8 Å². The fourth-order valence-corrected chi connectivity index (χ4v) is 3.22. The lowest BCUT2D eigenvalue weighted by Gasteiger charge is -2.17. The Hall–Kier alpha value is -0.820. The first-order chi connectivity index (χ1) is 7.88. The van der Waals surface area contributed by atoms with Crippen LogP contribution in [0.2, 0.25) is 0 Å². The van der Waals surface area contributed by atoms with Crippen LogP contribution in [0.25, 0.3) is 0 Å². The van der Waals surface area contributed by atoms with Gasteiger partial charge in [0.15, 0.2) is 0 Å². The molecular formula is C10H17N3O2S2. The van der Waals surface area contributed by atoms with E-state index >= 15 is 0 Å². The van der Waals surface area contributed by atoms with Crippen LogP contribution in [-0.2, 0) is 9.84 Å². The number of nitrogen functional groups attached to an aromatic ring is 1. The zero-order valence-corrected chi connectivity index (χ0v) is 11.6. The van der Waals surface area contributed by atoms with Crippen LogP contribution in [0.3, 0.4) is 0 Å². The minimum absolute atomic E-state index is 0.158. The second-order valence-corrected chi connectivity index (χ2v) is 7.62. The zero-order chi connectivity index (χ0) is 12.6. The Labute approximate surface area is 106 Å². The van der Waals surface area contributed by atoms with E-state index < -0.39 is 9.84 Å². The van der Waals surface area contributed by atoms with Gasteiger partial charge in [-0.15, -0.1) is 0 Å². The van der Waals surface area contributed by atoms with Gasteiger partial charge < -0.3 is 10.6 Å². The summed E-state index contributed by atoms with van der Waals surface area (Å²) in [7, 11) is -1.03. The van der Waals surface area contributed by atoms with Crippen molar-refractivity contribution in [2.75, 3.05) is 36.2 Å². The molecule has 7 heteroatoms. The molecule has 1 heterocycles. The molecular weight excluding hydrogens is 258 g/mol. The Balaban J connectivity index is 2.11. The van der Waals surface area contributed by atoms with E-state index in [1.165, 1.54) is 17.8 Å². The van der Waals surface area contributed by atoms with Gasteiger partial charge in [-0.3, -0.25) is 0 Å². The molecule has 1 fully saturated rings. The largest absolute Gasteiger partial charge is 0.383 e. The van der Waals surface area contributed by atoms with Crippen molar-refractivity contribution in [3.63, 3.8) is 0 Å². The molecule has 0 spiro atoms. The smallest absolute Gasteiger partial charge is 0.149 e. The van der Waals surface area contributed by atoms with Crippen molar-refractivity contribution < 1.29 is 8.42 Å². The maximum Gasteiger partial charge on any atom is 0.149 e. The molecule has 2 rings (SSSR count). The highest BCUT2D eigenvalue weighted by Crippen LogP contribution is 2.48. The second-order valence-electron chi connectivity index (χ2n) is 4.61. The van der Waals surface area contributed by atoms with Gasteiger partial charge in [-0.05, 0) is 30.3 Å². The highest BCUT2D eigenvalue weighted by atomic mass is 32.2. The highest BCUT2D eigenvalue weighted by Gasteiger charge is 2.31. The lowest BCUT2D eigenvalue weighted by atomic mass is 10.2. The van der Waals surface area contributed by atoms with Crippen LogP contribution in [0, 0.1) is 0 Å². The number of sulfone groups is 1. The summed E-state index contributed by atoms with van der Waals surface area (Å²) in [6, 6.07) is 0. The molecule has 1 saturated carbocycles. The SMILES string of the molecule is CN(CCS(C)(=O)=O)c1snc(N)c1C1CC1. The first kappa shape index (κ1) is 12.6. The summed E-state index contributed by atoms with van der Waals surface area (Å²) in [5.41, 5.74) is 6.97. The predicted octanol–water partition coefficient (Wildman–Crippen LogP) is 1.08. The van der Waals surface area contributed by atoms with Crippen molar-refractivity contribution in [3.05, 3.63) is 5.56 Å². The Morgan fingerprint density at radius 1 is 1.53 bits per heavy atom. The molecule has 0 bridgehead atoms.